The summed E-state index contributed by atoms with van der Waals surface area (Å²) < 4.78 is 28.2. The standard InChI is InChI=1S/C11H15N5O4S/c1-2-4-16-5-3-12-9(16)7-14-21(19,20)8-6-13-11(18)15-10(8)17/h3,5-6,14H,2,4,7H2,1H3,(H2,13,15,17,18). The number of nitrogens with one attached hydrogen (secondary N) is 3. The van der Waals surface area contributed by atoms with Crippen LogP contribution in [0, 0.1) is 0 Å². The van der Waals surface area contributed by atoms with E-state index >= 15 is 0 Å². The van der Waals surface area contributed by atoms with Crippen LogP contribution in [0.5, 0.6) is 0 Å². The van der Waals surface area contributed by atoms with Gasteiger partial charge in [0.25, 0.3) is 5.56 Å². The lowest BCUT2D eigenvalue weighted by Gasteiger charge is -2.08. The summed E-state index contributed by atoms with van der Waals surface area (Å²) in [7, 11) is -4.03. The average molecular weight is 313 g/mol. The van der Waals surface area contributed by atoms with Crippen molar-refractivity contribution in [2.24, 2.45) is 0 Å². The van der Waals surface area contributed by atoms with Crippen molar-refractivity contribution in [2.45, 2.75) is 31.3 Å². The van der Waals surface area contributed by atoms with Gasteiger partial charge in [-0.2, -0.15) is 0 Å². The van der Waals surface area contributed by atoms with E-state index in [1.807, 2.05) is 16.5 Å². The molecule has 0 aliphatic heterocycles. The number of aryl methyl sites for hydroxylation is 1. The number of rotatable bonds is 6. The minimum absolute atomic E-state index is 0.0477. The van der Waals surface area contributed by atoms with Crippen molar-refractivity contribution < 1.29 is 8.42 Å². The van der Waals surface area contributed by atoms with Crippen LogP contribution in [0.2, 0.25) is 0 Å². The first kappa shape index (κ1) is 15.2. The number of hydrogen-bond acceptors (Lipinski definition) is 5. The van der Waals surface area contributed by atoms with E-state index in [0.29, 0.717) is 5.82 Å². The molecule has 0 atom stereocenters. The van der Waals surface area contributed by atoms with Crippen molar-refractivity contribution in [1.29, 1.82) is 0 Å². The van der Waals surface area contributed by atoms with E-state index in [4.69, 9.17) is 0 Å². The molecular formula is C11H15N5O4S. The van der Waals surface area contributed by atoms with E-state index in [-0.39, 0.29) is 6.54 Å². The maximum Gasteiger partial charge on any atom is 0.325 e. The Kier molecular flexibility index (Phi) is 4.38. The molecule has 0 saturated carbocycles. The summed E-state index contributed by atoms with van der Waals surface area (Å²) in [5.74, 6) is 0.543. The summed E-state index contributed by atoms with van der Waals surface area (Å²) in [5.41, 5.74) is -1.74. The second-order valence-corrected chi connectivity index (χ2v) is 6.03. The Hall–Kier alpha value is -2.20. The SMILES string of the molecule is CCCn1ccnc1CNS(=O)(=O)c1c[nH]c(=O)[nH]c1=O. The minimum Gasteiger partial charge on any atom is -0.334 e. The third-order valence-electron chi connectivity index (χ3n) is 2.76. The Morgan fingerprint density at radius 3 is 2.81 bits per heavy atom. The van der Waals surface area contributed by atoms with E-state index in [2.05, 4.69) is 14.7 Å². The number of sulfonamides is 1. The Labute approximate surface area is 120 Å². The molecule has 0 amide bonds. The zero-order valence-corrected chi connectivity index (χ0v) is 12.1. The number of imidazole rings is 1. The van der Waals surface area contributed by atoms with Crippen LogP contribution in [-0.4, -0.2) is 27.9 Å². The fraction of sp³-hybridized carbons (Fsp3) is 0.364. The summed E-state index contributed by atoms with van der Waals surface area (Å²) in [4.78, 5) is 29.9. The molecule has 0 radical (unpaired) electrons. The van der Waals surface area contributed by atoms with Gasteiger partial charge in [-0.3, -0.25) is 9.78 Å². The molecule has 0 bridgehead atoms. The third kappa shape index (κ3) is 3.47. The van der Waals surface area contributed by atoms with Gasteiger partial charge in [0, 0.05) is 25.1 Å². The summed E-state index contributed by atoms with van der Waals surface area (Å²) >= 11 is 0. The first-order valence-corrected chi connectivity index (χ1v) is 7.74. The van der Waals surface area contributed by atoms with E-state index in [1.54, 1.807) is 12.4 Å². The first-order valence-electron chi connectivity index (χ1n) is 6.25. The third-order valence-corrected chi connectivity index (χ3v) is 4.17. The van der Waals surface area contributed by atoms with Crippen LogP contribution in [0.1, 0.15) is 19.2 Å². The summed E-state index contributed by atoms with van der Waals surface area (Å²) in [6, 6.07) is 0. The van der Waals surface area contributed by atoms with E-state index in [1.165, 1.54) is 0 Å². The van der Waals surface area contributed by atoms with Crippen LogP contribution in [0.3, 0.4) is 0 Å². The highest BCUT2D eigenvalue weighted by Gasteiger charge is 2.19. The molecule has 9 nitrogen and oxygen atoms in total. The maximum atomic E-state index is 12.0. The molecule has 0 fully saturated rings. The molecule has 0 spiro atoms. The number of aromatic nitrogens is 4. The van der Waals surface area contributed by atoms with Gasteiger partial charge in [0.05, 0.1) is 6.54 Å². The number of H-pyrrole nitrogens is 2. The van der Waals surface area contributed by atoms with Crippen LogP contribution in [-0.2, 0) is 23.1 Å². The smallest absolute Gasteiger partial charge is 0.325 e. The van der Waals surface area contributed by atoms with Crippen molar-refractivity contribution in [1.82, 2.24) is 24.2 Å². The quantitative estimate of drug-likeness (QED) is 0.639. The van der Waals surface area contributed by atoms with Crippen molar-refractivity contribution in [3.05, 3.63) is 45.3 Å². The Bertz CT molecular complexity index is 833. The molecule has 2 aromatic heterocycles. The summed E-state index contributed by atoms with van der Waals surface area (Å²) in [6.45, 7) is 2.66. The highest BCUT2D eigenvalue weighted by molar-refractivity contribution is 7.89. The predicted octanol–water partition coefficient (Wildman–Crippen LogP) is -0.852. The fourth-order valence-corrected chi connectivity index (χ4v) is 2.77. The number of hydrogen-bond donors (Lipinski definition) is 3. The molecule has 0 saturated heterocycles. The lowest BCUT2D eigenvalue weighted by molar-refractivity contribution is 0.570. The second-order valence-electron chi connectivity index (χ2n) is 4.30. The highest BCUT2D eigenvalue weighted by Crippen LogP contribution is 2.03. The van der Waals surface area contributed by atoms with Gasteiger partial charge in [0.2, 0.25) is 10.0 Å². The van der Waals surface area contributed by atoms with Crippen LogP contribution >= 0.6 is 0 Å². The van der Waals surface area contributed by atoms with Gasteiger partial charge in [0.1, 0.15) is 5.82 Å². The predicted molar refractivity (Wildman–Crippen MR) is 74.2 cm³/mol. The molecule has 3 N–H and O–H groups in total. The van der Waals surface area contributed by atoms with Gasteiger partial charge in [-0.1, -0.05) is 6.92 Å². The van der Waals surface area contributed by atoms with Crippen LogP contribution in [0.4, 0.5) is 0 Å². The van der Waals surface area contributed by atoms with Gasteiger partial charge >= 0.3 is 5.69 Å². The van der Waals surface area contributed by atoms with Gasteiger partial charge in [-0.25, -0.2) is 22.9 Å². The van der Waals surface area contributed by atoms with Crippen molar-refractivity contribution in [3.63, 3.8) is 0 Å². The lowest BCUT2D eigenvalue weighted by Crippen LogP contribution is -2.33. The lowest BCUT2D eigenvalue weighted by atomic mass is 10.4. The van der Waals surface area contributed by atoms with Crippen molar-refractivity contribution in [3.8, 4) is 0 Å². The van der Waals surface area contributed by atoms with Gasteiger partial charge < -0.3 is 9.55 Å². The van der Waals surface area contributed by atoms with Crippen LogP contribution in [0.25, 0.3) is 0 Å². The zero-order chi connectivity index (χ0) is 15.5. The second kappa shape index (κ2) is 6.06. The maximum absolute atomic E-state index is 12.0. The average Bonchev–Trinajstić information content (AvgIpc) is 2.84. The molecule has 2 rings (SSSR count). The minimum atomic E-state index is -4.03. The molecule has 2 aromatic rings. The molecule has 0 aliphatic rings. The highest BCUT2D eigenvalue weighted by atomic mass is 32.2. The van der Waals surface area contributed by atoms with Crippen molar-refractivity contribution >= 4 is 10.0 Å². The molecule has 2 heterocycles. The molecular weight excluding hydrogens is 298 g/mol. The first-order chi connectivity index (χ1) is 9.94. The van der Waals surface area contributed by atoms with E-state index in [0.717, 1.165) is 19.2 Å². The largest absolute Gasteiger partial charge is 0.334 e. The Morgan fingerprint density at radius 1 is 1.38 bits per heavy atom. The summed E-state index contributed by atoms with van der Waals surface area (Å²) in [6.07, 6.45) is 5.07. The summed E-state index contributed by atoms with van der Waals surface area (Å²) in [5, 5.41) is 0. The van der Waals surface area contributed by atoms with E-state index < -0.39 is 26.2 Å². The van der Waals surface area contributed by atoms with Gasteiger partial charge in [0.15, 0.2) is 4.90 Å². The Morgan fingerprint density at radius 2 is 2.14 bits per heavy atom. The molecule has 21 heavy (non-hydrogen) atoms. The Balaban J connectivity index is 2.20. The van der Waals surface area contributed by atoms with E-state index in [9.17, 15) is 18.0 Å². The van der Waals surface area contributed by atoms with Crippen LogP contribution in [0.15, 0.2) is 33.1 Å². The van der Waals surface area contributed by atoms with Crippen molar-refractivity contribution in [2.75, 3.05) is 0 Å². The number of nitrogens with zero attached hydrogens (tertiary/aromatic N) is 2. The van der Waals surface area contributed by atoms with Crippen LogP contribution < -0.4 is 16.0 Å². The molecule has 0 unspecified atom stereocenters. The number of aromatic amines is 2. The molecule has 0 aliphatic carbocycles. The monoisotopic (exact) mass is 313 g/mol. The topological polar surface area (TPSA) is 130 Å². The molecule has 0 aromatic carbocycles. The van der Waals surface area contributed by atoms with Gasteiger partial charge in [-0.05, 0) is 6.42 Å². The molecule has 114 valence electrons. The normalized spacial score (nSPS) is 11.7. The van der Waals surface area contributed by atoms with Gasteiger partial charge in [-0.15, -0.1) is 0 Å². The molecule has 10 heteroatoms. The zero-order valence-electron chi connectivity index (χ0n) is 11.3. The fourth-order valence-electron chi connectivity index (χ4n) is 1.79.